The van der Waals surface area contributed by atoms with E-state index in [-0.39, 0.29) is 28.4 Å². The molecule has 4 aromatic rings. The van der Waals surface area contributed by atoms with Gasteiger partial charge in [0.05, 0.1) is 5.39 Å². The molecule has 2 fully saturated rings. The molecule has 44 heavy (non-hydrogen) atoms. The highest BCUT2D eigenvalue weighted by atomic mass is 35.5. The van der Waals surface area contributed by atoms with Crippen LogP contribution in [0.1, 0.15) is 71.7 Å². The molecule has 3 aromatic carbocycles. The Balaban J connectivity index is 0.000000418. The third-order valence-electron chi connectivity index (χ3n) is 8.26. The maximum atomic E-state index is 12.5. The zero-order valence-corrected chi connectivity index (χ0v) is 25.6. The third kappa shape index (κ3) is 7.97. The normalized spacial score (nSPS) is 16.4. The Morgan fingerprint density at radius 1 is 1.02 bits per heavy atom. The number of fused-ring (bicyclic) bond motifs is 1. The summed E-state index contributed by atoms with van der Waals surface area (Å²) in [5.41, 5.74) is 5.01. The molecule has 1 saturated carbocycles. The average Bonchev–Trinajstić information content (AvgIpc) is 3.43. The largest absolute Gasteiger partial charge is 0.508 e. The Bertz CT molecular complexity index is 1700. The second-order valence-corrected chi connectivity index (χ2v) is 11.9. The first-order valence-corrected chi connectivity index (χ1v) is 15.5. The summed E-state index contributed by atoms with van der Waals surface area (Å²) >= 11 is 5.61. The smallest absolute Gasteiger partial charge is 0.287 e. The molecule has 1 aliphatic heterocycles. The zero-order chi connectivity index (χ0) is 31.1. The van der Waals surface area contributed by atoms with Crippen molar-refractivity contribution >= 4 is 34.4 Å². The highest BCUT2D eigenvalue weighted by Crippen LogP contribution is 2.37. The summed E-state index contributed by atoms with van der Waals surface area (Å²) in [6.07, 6.45) is 7.65. The van der Waals surface area contributed by atoms with Gasteiger partial charge in [0.25, 0.3) is 5.91 Å². The molecule has 1 saturated heterocycles. The van der Waals surface area contributed by atoms with Crippen LogP contribution in [-0.4, -0.2) is 34.9 Å². The Morgan fingerprint density at radius 2 is 1.77 bits per heavy atom. The van der Waals surface area contributed by atoms with Crippen molar-refractivity contribution < 1.29 is 19.1 Å². The molecular weight excluding hydrogens is 576 g/mol. The summed E-state index contributed by atoms with van der Waals surface area (Å²) in [4.78, 5) is 38.9. The highest BCUT2D eigenvalue weighted by molar-refractivity contribution is 6.30. The number of phenolic OH excluding ortho intramolecular Hbond substituents is 1. The van der Waals surface area contributed by atoms with E-state index < -0.39 is 5.91 Å². The standard InChI is InChI=1S/C29H30N2O5.C7H7Cl/c32-22-11-12-24-25(33)17-27(36-26(24)16-22)29(35)30-14-13-19-7-9-20(10-8-19)23-5-2-1-4-21(23)18-31-15-3-6-28(31)34;1-6-2-4-7(8)5-3-6/h1-2,4-5,11-13,16-17,20,32H,3,6-10,14-15,18H2,(H,30,35);2-5H,1H3. The lowest BCUT2D eigenvalue weighted by atomic mass is 9.80. The van der Waals surface area contributed by atoms with Crippen LogP contribution in [0.2, 0.25) is 5.02 Å². The van der Waals surface area contributed by atoms with Gasteiger partial charge in [-0.3, -0.25) is 14.4 Å². The number of nitrogens with zero attached hydrogens (tertiary/aromatic N) is 1. The van der Waals surface area contributed by atoms with Gasteiger partial charge in [-0.05, 0) is 80.3 Å². The van der Waals surface area contributed by atoms with Crippen LogP contribution < -0.4 is 10.7 Å². The van der Waals surface area contributed by atoms with E-state index >= 15 is 0 Å². The lowest BCUT2D eigenvalue weighted by molar-refractivity contribution is -0.128. The van der Waals surface area contributed by atoms with E-state index in [1.807, 2.05) is 42.2 Å². The summed E-state index contributed by atoms with van der Waals surface area (Å²) in [6.45, 7) is 3.94. The van der Waals surface area contributed by atoms with Crippen molar-refractivity contribution in [1.82, 2.24) is 10.2 Å². The maximum Gasteiger partial charge on any atom is 0.287 e. The van der Waals surface area contributed by atoms with Gasteiger partial charge in [-0.1, -0.05) is 65.2 Å². The maximum absolute atomic E-state index is 12.5. The number of amides is 2. The minimum Gasteiger partial charge on any atom is -0.508 e. The van der Waals surface area contributed by atoms with Gasteiger partial charge in [0.2, 0.25) is 5.91 Å². The quantitative estimate of drug-likeness (QED) is 0.223. The van der Waals surface area contributed by atoms with E-state index in [0.717, 1.165) is 43.7 Å². The number of nitrogens with one attached hydrogen (secondary N) is 1. The lowest BCUT2D eigenvalue weighted by Gasteiger charge is -2.27. The molecule has 2 N–H and O–H groups in total. The summed E-state index contributed by atoms with van der Waals surface area (Å²) in [5.74, 6) is 0.146. The van der Waals surface area contributed by atoms with Gasteiger partial charge in [-0.2, -0.15) is 0 Å². The van der Waals surface area contributed by atoms with Crippen LogP contribution in [0.4, 0.5) is 0 Å². The van der Waals surface area contributed by atoms with Crippen molar-refractivity contribution in [2.45, 2.75) is 57.9 Å². The van der Waals surface area contributed by atoms with Gasteiger partial charge < -0.3 is 19.7 Å². The number of hydrogen-bond acceptors (Lipinski definition) is 5. The van der Waals surface area contributed by atoms with Crippen LogP contribution in [0.15, 0.2) is 93.7 Å². The Hall–Kier alpha value is -4.36. The third-order valence-corrected chi connectivity index (χ3v) is 8.51. The number of carbonyl (C=O) groups excluding carboxylic acids is 2. The van der Waals surface area contributed by atoms with E-state index in [1.54, 1.807) is 0 Å². The number of phenols is 1. The minimum atomic E-state index is -0.465. The predicted octanol–water partition coefficient (Wildman–Crippen LogP) is 7.28. The molecule has 228 valence electrons. The van der Waals surface area contributed by atoms with Crippen LogP contribution in [0.25, 0.3) is 11.0 Å². The number of aromatic hydroxyl groups is 1. The molecule has 6 rings (SSSR count). The van der Waals surface area contributed by atoms with Crippen molar-refractivity contribution in [3.8, 4) is 5.75 Å². The van der Waals surface area contributed by atoms with Crippen molar-refractivity contribution in [3.63, 3.8) is 0 Å². The first-order chi connectivity index (χ1) is 21.3. The molecular formula is C36H37ClN2O5. The number of halogens is 1. The summed E-state index contributed by atoms with van der Waals surface area (Å²) < 4.78 is 5.54. The average molecular weight is 613 g/mol. The van der Waals surface area contributed by atoms with E-state index in [0.29, 0.717) is 30.8 Å². The molecule has 8 heteroatoms. The fourth-order valence-electron chi connectivity index (χ4n) is 5.82. The van der Waals surface area contributed by atoms with Gasteiger partial charge in [0, 0.05) is 43.2 Å². The number of rotatable bonds is 6. The van der Waals surface area contributed by atoms with Crippen molar-refractivity contribution in [2.24, 2.45) is 0 Å². The number of hydrogen-bond donors (Lipinski definition) is 2. The molecule has 0 atom stereocenters. The fraction of sp³-hybridized carbons (Fsp3) is 0.306. The number of carbonyl (C=O) groups is 2. The molecule has 0 radical (unpaired) electrons. The molecule has 0 spiro atoms. The van der Waals surface area contributed by atoms with Crippen LogP contribution in [0.3, 0.4) is 0 Å². The van der Waals surface area contributed by atoms with Crippen LogP contribution in [-0.2, 0) is 11.3 Å². The summed E-state index contributed by atoms with van der Waals surface area (Å²) in [7, 11) is 0. The van der Waals surface area contributed by atoms with Crippen molar-refractivity contribution in [2.75, 3.05) is 13.1 Å². The monoisotopic (exact) mass is 612 g/mol. The highest BCUT2D eigenvalue weighted by Gasteiger charge is 2.24. The fourth-order valence-corrected chi connectivity index (χ4v) is 5.95. The summed E-state index contributed by atoms with van der Waals surface area (Å²) in [6, 6.07) is 21.6. The van der Waals surface area contributed by atoms with Gasteiger partial charge in [-0.25, -0.2) is 0 Å². The predicted molar refractivity (Wildman–Crippen MR) is 173 cm³/mol. The SMILES string of the molecule is Cc1ccc(Cl)cc1.O=C(NCC=C1CCC(c2ccccc2CN2CCCC2=O)CC1)c1cc(=O)c2ccc(O)cc2o1. The van der Waals surface area contributed by atoms with Crippen LogP contribution in [0, 0.1) is 6.92 Å². The number of benzene rings is 3. The Morgan fingerprint density at radius 3 is 2.48 bits per heavy atom. The van der Waals surface area contributed by atoms with Crippen molar-refractivity contribution in [3.05, 3.63) is 122 Å². The number of aryl methyl sites for hydroxylation is 1. The summed E-state index contributed by atoms with van der Waals surface area (Å²) in [5, 5.41) is 13.6. The van der Waals surface area contributed by atoms with Crippen molar-refractivity contribution in [1.29, 1.82) is 0 Å². The molecule has 2 heterocycles. The molecule has 0 bridgehead atoms. The second kappa shape index (κ2) is 14.4. The van der Waals surface area contributed by atoms with Gasteiger partial charge in [0.1, 0.15) is 11.3 Å². The first kappa shape index (κ1) is 31.1. The topological polar surface area (TPSA) is 99.9 Å². The number of allylic oxidation sites excluding steroid dienone is 1. The van der Waals surface area contributed by atoms with Crippen LogP contribution >= 0.6 is 11.6 Å². The number of likely N-dealkylation sites (tertiary alicyclic amines) is 1. The van der Waals surface area contributed by atoms with Gasteiger partial charge in [-0.15, -0.1) is 0 Å². The van der Waals surface area contributed by atoms with Gasteiger partial charge in [0.15, 0.2) is 11.2 Å². The second-order valence-electron chi connectivity index (χ2n) is 11.4. The van der Waals surface area contributed by atoms with E-state index in [4.69, 9.17) is 16.0 Å². The molecule has 2 amide bonds. The Kier molecular flexibility index (Phi) is 10.2. The molecule has 7 nitrogen and oxygen atoms in total. The van der Waals surface area contributed by atoms with E-state index in [9.17, 15) is 19.5 Å². The van der Waals surface area contributed by atoms with E-state index in [2.05, 4.69) is 29.6 Å². The minimum absolute atomic E-state index is 0.0318. The van der Waals surface area contributed by atoms with Crippen LogP contribution in [0.5, 0.6) is 5.75 Å². The van der Waals surface area contributed by atoms with E-state index in [1.165, 1.54) is 46.5 Å². The molecule has 2 aliphatic rings. The lowest BCUT2D eigenvalue weighted by Crippen LogP contribution is -2.25. The molecule has 1 aliphatic carbocycles. The Labute approximate surface area is 262 Å². The first-order valence-electron chi connectivity index (χ1n) is 15.1. The zero-order valence-electron chi connectivity index (χ0n) is 24.9. The van der Waals surface area contributed by atoms with Gasteiger partial charge >= 0.3 is 0 Å². The molecule has 0 unspecified atom stereocenters. The molecule has 1 aromatic heterocycles.